The molecule has 0 unspecified atom stereocenters. The van der Waals surface area contributed by atoms with E-state index in [0.29, 0.717) is 13.0 Å². The molecule has 0 aromatic rings. The van der Waals surface area contributed by atoms with Crippen molar-refractivity contribution < 1.29 is 9.59 Å². The molecule has 0 aliphatic heterocycles. The highest BCUT2D eigenvalue weighted by molar-refractivity contribution is 5.86. The highest BCUT2D eigenvalue weighted by Crippen LogP contribution is 2.05. The van der Waals surface area contributed by atoms with Crippen LogP contribution in [0.4, 0.5) is 0 Å². The highest BCUT2D eigenvalue weighted by atomic mass is 16.2. The lowest BCUT2D eigenvalue weighted by molar-refractivity contribution is -0.122. The molecule has 18 heavy (non-hydrogen) atoms. The van der Waals surface area contributed by atoms with Gasteiger partial charge in [-0.3, -0.25) is 9.59 Å². The second kappa shape index (κ2) is 8.72. The molecule has 0 saturated heterocycles. The number of unbranched alkanes of at least 4 members (excludes halogenated alkanes) is 3. The quantitative estimate of drug-likeness (QED) is 0.515. The average molecular weight is 254 g/mol. The Bertz CT molecular complexity index is 280. The number of carbonyl (C=O) groups excluding carboxylic acids is 2. The molecule has 0 aliphatic carbocycles. The van der Waals surface area contributed by atoms with Crippen LogP contribution in [0.5, 0.6) is 0 Å². The largest absolute Gasteiger partial charge is 0.353 e. The standard InChI is InChI=1S/C14H26N2O2/c1-5-12(17)15-11-9-7-6-8-10-13(18)16-14(2,3)4/h5H,1,6-11H2,2-4H3,(H,15,17)(H,16,18). The first-order valence-corrected chi connectivity index (χ1v) is 6.56. The summed E-state index contributed by atoms with van der Waals surface area (Å²) < 4.78 is 0. The van der Waals surface area contributed by atoms with Crippen LogP contribution < -0.4 is 10.6 Å². The molecule has 0 bridgehead atoms. The molecule has 0 saturated carbocycles. The van der Waals surface area contributed by atoms with Gasteiger partial charge in [0.15, 0.2) is 0 Å². The van der Waals surface area contributed by atoms with Crippen LogP contribution in [0, 0.1) is 0 Å². The summed E-state index contributed by atoms with van der Waals surface area (Å²) in [7, 11) is 0. The Labute approximate surface area is 110 Å². The van der Waals surface area contributed by atoms with Crippen LogP contribution in [0.25, 0.3) is 0 Å². The van der Waals surface area contributed by atoms with E-state index in [2.05, 4.69) is 17.2 Å². The molecule has 0 spiro atoms. The van der Waals surface area contributed by atoms with E-state index < -0.39 is 0 Å². The lowest BCUT2D eigenvalue weighted by atomic mass is 10.1. The van der Waals surface area contributed by atoms with Crippen molar-refractivity contribution in [2.75, 3.05) is 6.54 Å². The summed E-state index contributed by atoms with van der Waals surface area (Å²) in [4.78, 5) is 22.3. The van der Waals surface area contributed by atoms with Gasteiger partial charge in [-0.1, -0.05) is 19.4 Å². The maximum absolute atomic E-state index is 11.5. The van der Waals surface area contributed by atoms with Gasteiger partial charge in [-0.05, 0) is 39.7 Å². The first-order chi connectivity index (χ1) is 8.35. The summed E-state index contributed by atoms with van der Waals surface area (Å²) in [5, 5.41) is 5.66. The minimum absolute atomic E-state index is 0.113. The Hall–Kier alpha value is -1.32. The van der Waals surface area contributed by atoms with Crippen molar-refractivity contribution in [2.45, 2.75) is 58.4 Å². The van der Waals surface area contributed by atoms with Gasteiger partial charge in [0, 0.05) is 18.5 Å². The molecular formula is C14H26N2O2. The van der Waals surface area contributed by atoms with Crippen molar-refractivity contribution in [2.24, 2.45) is 0 Å². The van der Waals surface area contributed by atoms with Crippen LogP contribution in [0.15, 0.2) is 12.7 Å². The predicted octanol–water partition coefficient (Wildman–Crippen LogP) is 2.15. The van der Waals surface area contributed by atoms with Gasteiger partial charge in [0.05, 0.1) is 0 Å². The monoisotopic (exact) mass is 254 g/mol. The number of hydrogen-bond donors (Lipinski definition) is 2. The summed E-state index contributed by atoms with van der Waals surface area (Å²) in [6, 6.07) is 0. The summed E-state index contributed by atoms with van der Waals surface area (Å²) in [6.07, 6.45) is 5.74. The Morgan fingerprint density at radius 2 is 1.72 bits per heavy atom. The second-order valence-electron chi connectivity index (χ2n) is 5.46. The van der Waals surface area contributed by atoms with Crippen molar-refractivity contribution in [3.63, 3.8) is 0 Å². The molecule has 2 amide bonds. The van der Waals surface area contributed by atoms with E-state index in [1.807, 2.05) is 20.8 Å². The molecule has 0 aromatic carbocycles. The Balaban J connectivity index is 3.38. The zero-order valence-electron chi connectivity index (χ0n) is 11.8. The summed E-state index contributed by atoms with van der Waals surface area (Å²) >= 11 is 0. The van der Waals surface area contributed by atoms with Crippen molar-refractivity contribution in [1.29, 1.82) is 0 Å². The van der Waals surface area contributed by atoms with Gasteiger partial charge in [0.1, 0.15) is 0 Å². The molecule has 0 rings (SSSR count). The van der Waals surface area contributed by atoms with Crippen LogP contribution >= 0.6 is 0 Å². The van der Waals surface area contributed by atoms with Crippen molar-refractivity contribution in [1.82, 2.24) is 10.6 Å². The predicted molar refractivity (Wildman–Crippen MR) is 74.2 cm³/mol. The minimum Gasteiger partial charge on any atom is -0.353 e. The third-order valence-corrected chi connectivity index (χ3v) is 2.33. The molecular weight excluding hydrogens is 228 g/mol. The molecule has 0 atom stereocenters. The Morgan fingerprint density at radius 3 is 2.28 bits per heavy atom. The van der Waals surface area contributed by atoms with Gasteiger partial charge >= 0.3 is 0 Å². The van der Waals surface area contributed by atoms with Gasteiger partial charge in [-0.15, -0.1) is 0 Å². The van der Waals surface area contributed by atoms with Gasteiger partial charge in [-0.2, -0.15) is 0 Å². The van der Waals surface area contributed by atoms with E-state index in [-0.39, 0.29) is 17.4 Å². The number of nitrogens with one attached hydrogen (secondary N) is 2. The number of amides is 2. The maximum atomic E-state index is 11.5. The van der Waals surface area contributed by atoms with Crippen molar-refractivity contribution >= 4 is 11.8 Å². The minimum atomic E-state index is -0.147. The zero-order valence-corrected chi connectivity index (χ0v) is 11.8. The van der Waals surface area contributed by atoms with Gasteiger partial charge in [0.25, 0.3) is 0 Å². The molecule has 2 N–H and O–H groups in total. The number of hydrogen-bond acceptors (Lipinski definition) is 2. The lowest BCUT2D eigenvalue weighted by Gasteiger charge is -2.20. The first kappa shape index (κ1) is 16.7. The highest BCUT2D eigenvalue weighted by Gasteiger charge is 2.12. The number of rotatable bonds is 8. The SMILES string of the molecule is C=CC(=O)NCCCCCCC(=O)NC(C)(C)C. The second-order valence-corrected chi connectivity index (χ2v) is 5.46. The molecule has 0 fully saturated rings. The van der Waals surface area contributed by atoms with Crippen LogP contribution in [-0.2, 0) is 9.59 Å². The summed E-state index contributed by atoms with van der Waals surface area (Å²) in [5.74, 6) is -0.0120. The van der Waals surface area contributed by atoms with E-state index in [0.717, 1.165) is 25.7 Å². The van der Waals surface area contributed by atoms with E-state index in [4.69, 9.17) is 0 Å². The van der Waals surface area contributed by atoms with Crippen molar-refractivity contribution in [3.8, 4) is 0 Å². The smallest absolute Gasteiger partial charge is 0.243 e. The molecule has 0 aliphatic rings. The van der Waals surface area contributed by atoms with Gasteiger partial charge in [0.2, 0.25) is 11.8 Å². The van der Waals surface area contributed by atoms with E-state index in [1.165, 1.54) is 6.08 Å². The Morgan fingerprint density at radius 1 is 1.11 bits per heavy atom. The molecule has 0 radical (unpaired) electrons. The van der Waals surface area contributed by atoms with E-state index in [1.54, 1.807) is 0 Å². The van der Waals surface area contributed by atoms with E-state index in [9.17, 15) is 9.59 Å². The molecule has 0 aromatic heterocycles. The molecule has 104 valence electrons. The van der Waals surface area contributed by atoms with Crippen LogP contribution in [0.3, 0.4) is 0 Å². The zero-order chi connectivity index (χ0) is 14.0. The van der Waals surface area contributed by atoms with Gasteiger partial charge in [-0.25, -0.2) is 0 Å². The first-order valence-electron chi connectivity index (χ1n) is 6.56. The van der Waals surface area contributed by atoms with E-state index >= 15 is 0 Å². The Kier molecular flexibility index (Phi) is 8.08. The maximum Gasteiger partial charge on any atom is 0.243 e. The third-order valence-electron chi connectivity index (χ3n) is 2.33. The van der Waals surface area contributed by atoms with Gasteiger partial charge < -0.3 is 10.6 Å². The molecule has 4 nitrogen and oxygen atoms in total. The average Bonchev–Trinajstić information content (AvgIpc) is 2.25. The van der Waals surface area contributed by atoms with Crippen LogP contribution in [0.2, 0.25) is 0 Å². The molecule has 0 heterocycles. The third kappa shape index (κ3) is 11.2. The van der Waals surface area contributed by atoms with Crippen LogP contribution in [-0.4, -0.2) is 23.9 Å². The molecule has 4 heteroatoms. The summed E-state index contributed by atoms with van der Waals surface area (Å²) in [5.41, 5.74) is -0.147. The number of carbonyl (C=O) groups is 2. The normalized spacial score (nSPS) is 10.8. The van der Waals surface area contributed by atoms with Crippen molar-refractivity contribution in [3.05, 3.63) is 12.7 Å². The fourth-order valence-electron chi connectivity index (χ4n) is 1.53. The fourth-order valence-corrected chi connectivity index (χ4v) is 1.53. The van der Waals surface area contributed by atoms with Crippen LogP contribution in [0.1, 0.15) is 52.9 Å². The lowest BCUT2D eigenvalue weighted by Crippen LogP contribution is -2.40. The fraction of sp³-hybridized carbons (Fsp3) is 0.714. The summed E-state index contributed by atoms with van der Waals surface area (Å²) in [6.45, 7) is 10.00. The topological polar surface area (TPSA) is 58.2 Å².